The molecule has 4 aromatic rings. The molecule has 2 heterocycles. The third-order valence-electron chi connectivity index (χ3n) is 7.86. The molecule has 1 fully saturated rings. The van der Waals surface area contributed by atoms with Crippen LogP contribution < -0.4 is 33.9 Å². The van der Waals surface area contributed by atoms with Crippen LogP contribution in [0.2, 0.25) is 0 Å². The van der Waals surface area contributed by atoms with Gasteiger partial charge < -0.3 is 29.0 Å². The highest BCUT2D eigenvalue weighted by atomic mass is 16.6. The van der Waals surface area contributed by atoms with E-state index < -0.39 is 6.09 Å². The van der Waals surface area contributed by atoms with Crippen LogP contribution in [0, 0.1) is 13.8 Å². The molecular weight excluding hydrogens is 586 g/mol. The maximum absolute atomic E-state index is 14.0. The van der Waals surface area contributed by atoms with Gasteiger partial charge in [-0.15, -0.1) is 0 Å². The van der Waals surface area contributed by atoms with Crippen molar-refractivity contribution in [3.63, 3.8) is 0 Å². The number of likely N-dealkylation sites (tertiary alicyclic amines) is 1. The van der Waals surface area contributed by atoms with Crippen LogP contribution in [0.5, 0.6) is 28.7 Å². The average molecular weight is 628 g/mol. The second-order valence-electron chi connectivity index (χ2n) is 11.0. The lowest BCUT2D eigenvalue weighted by molar-refractivity contribution is 0.177. The first-order valence-electron chi connectivity index (χ1n) is 15.3. The number of methoxy groups -OCH3 is 3. The van der Waals surface area contributed by atoms with Crippen molar-refractivity contribution >= 4 is 29.0 Å². The summed E-state index contributed by atoms with van der Waals surface area (Å²) < 4.78 is 29.2. The monoisotopic (exact) mass is 627 g/mol. The summed E-state index contributed by atoms with van der Waals surface area (Å²) in [6, 6.07) is 16.3. The molecule has 1 aliphatic heterocycles. The third-order valence-corrected chi connectivity index (χ3v) is 7.86. The molecule has 11 heteroatoms. The fourth-order valence-electron chi connectivity index (χ4n) is 5.47. The highest BCUT2D eigenvalue weighted by Crippen LogP contribution is 2.43. The van der Waals surface area contributed by atoms with Crippen LogP contribution in [0.4, 0.5) is 27.7 Å². The Labute approximate surface area is 270 Å². The van der Waals surface area contributed by atoms with Crippen molar-refractivity contribution in [2.75, 3.05) is 57.8 Å². The second kappa shape index (κ2) is 15.3. The first-order valence-corrected chi connectivity index (χ1v) is 15.3. The highest BCUT2D eigenvalue weighted by Gasteiger charge is 2.26. The van der Waals surface area contributed by atoms with Crippen LogP contribution >= 0.6 is 0 Å². The summed E-state index contributed by atoms with van der Waals surface area (Å²) >= 11 is 0. The van der Waals surface area contributed by atoms with E-state index in [0.717, 1.165) is 30.8 Å². The molecule has 0 atom stereocenters. The smallest absolute Gasteiger partial charge is 0.425 e. The number of benzene rings is 3. The number of rotatable bonds is 12. The molecule has 11 nitrogen and oxygen atoms in total. The summed E-state index contributed by atoms with van der Waals surface area (Å²) in [5, 5.41) is 3.43. The number of aryl methyl sites for hydroxylation is 2. The maximum atomic E-state index is 14.0. The second-order valence-corrected chi connectivity index (χ2v) is 11.0. The lowest BCUT2D eigenvalue weighted by Gasteiger charge is -2.26. The van der Waals surface area contributed by atoms with Gasteiger partial charge in [0.1, 0.15) is 30.3 Å². The van der Waals surface area contributed by atoms with Gasteiger partial charge in [-0.1, -0.05) is 24.6 Å². The molecule has 242 valence electrons. The number of anilines is 4. The Morgan fingerprint density at radius 1 is 0.891 bits per heavy atom. The van der Waals surface area contributed by atoms with E-state index in [1.54, 1.807) is 51.8 Å². The molecule has 0 unspecified atom stereocenters. The van der Waals surface area contributed by atoms with Gasteiger partial charge in [0.2, 0.25) is 5.75 Å². The van der Waals surface area contributed by atoms with Crippen LogP contribution in [0.25, 0.3) is 0 Å². The zero-order valence-electron chi connectivity index (χ0n) is 27.0. The number of carbonyl (C=O) groups is 1. The maximum Gasteiger partial charge on any atom is 0.425 e. The summed E-state index contributed by atoms with van der Waals surface area (Å²) in [6.45, 7) is 7.31. The van der Waals surface area contributed by atoms with Crippen LogP contribution in [-0.4, -0.2) is 68.5 Å². The molecule has 46 heavy (non-hydrogen) atoms. The Hall–Kier alpha value is -5.03. The van der Waals surface area contributed by atoms with Gasteiger partial charge in [-0.2, -0.15) is 0 Å². The zero-order chi connectivity index (χ0) is 32.5. The van der Waals surface area contributed by atoms with Gasteiger partial charge in [0, 0.05) is 36.6 Å². The van der Waals surface area contributed by atoms with Gasteiger partial charge in [0.25, 0.3) is 0 Å². The SMILES string of the molecule is COc1ccc(N(C(=O)Oc2c(C)cccc2C)c2ccncn2)c(Nc2cc(OC)c(OCCN3CCCCC3)c(OC)c2)c1. The number of aromatic nitrogens is 2. The number of amides is 1. The number of piperidine rings is 1. The first-order chi connectivity index (χ1) is 22.4. The number of nitrogens with one attached hydrogen (secondary N) is 1. The Balaban J connectivity index is 1.49. The fourth-order valence-corrected chi connectivity index (χ4v) is 5.47. The molecule has 1 amide bonds. The Morgan fingerprint density at radius 3 is 2.24 bits per heavy atom. The van der Waals surface area contributed by atoms with Crippen molar-refractivity contribution in [1.82, 2.24) is 14.9 Å². The summed E-state index contributed by atoms with van der Waals surface area (Å²) in [5.74, 6) is 2.93. The lowest BCUT2D eigenvalue weighted by Crippen LogP contribution is -2.33. The predicted molar refractivity (Wildman–Crippen MR) is 178 cm³/mol. The standard InChI is InChI=1S/C35H41N5O6/c1-24-10-9-11-25(2)33(24)46-35(41)40(32-14-15-36-23-37-32)29-13-12-27(42-3)22-28(29)38-26-20-30(43-4)34(31(21-26)44-5)45-19-18-39-16-7-6-8-17-39/h9-15,20-23,38H,6-8,16-19H2,1-5H3. The summed E-state index contributed by atoms with van der Waals surface area (Å²) in [5.41, 5.74) is 3.31. The Bertz CT molecular complexity index is 1580. The van der Waals surface area contributed by atoms with Crippen molar-refractivity contribution in [2.45, 2.75) is 33.1 Å². The van der Waals surface area contributed by atoms with Crippen LogP contribution in [0.3, 0.4) is 0 Å². The van der Waals surface area contributed by atoms with Gasteiger partial charge in [-0.3, -0.25) is 4.90 Å². The molecule has 5 rings (SSSR count). The summed E-state index contributed by atoms with van der Waals surface area (Å²) in [7, 11) is 4.76. The molecule has 1 aliphatic rings. The molecule has 1 saturated heterocycles. The van der Waals surface area contributed by atoms with E-state index in [4.69, 9.17) is 23.7 Å². The van der Waals surface area contributed by atoms with E-state index in [1.165, 1.54) is 30.5 Å². The first kappa shape index (κ1) is 32.4. The largest absolute Gasteiger partial charge is 0.497 e. The van der Waals surface area contributed by atoms with E-state index in [2.05, 4.69) is 20.2 Å². The van der Waals surface area contributed by atoms with Gasteiger partial charge in [-0.25, -0.2) is 19.7 Å². The zero-order valence-corrected chi connectivity index (χ0v) is 27.0. The van der Waals surface area contributed by atoms with Crippen molar-refractivity contribution in [3.05, 3.63) is 78.2 Å². The van der Waals surface area contributed by atoms with Crippen LogP contribution in [0.1, 0.15) is 30.4 Å². The van der Waals surface area contributed by atoms with Crippen molar-refractivity contribution in [3.8, 4) is 28.7 Å². The molecule has 1 aromatic heterocycles. The molecule has 0 radical (unpaired) electrons. The highest BCUT2D eigenvalue weighted by molar-refractivity contribution is 6.00. The van der Waals surface area contributed by atoms with E-state index in [1.807, 2.05) is 44.2 Å². The number of hydrogen-bond acceptors (Lipinski definition) is 10. The van der Waals surface area contributed by atoms with E-state index >= 15 is 0 Å². The topological polar surface area (TPSA) is 108 Å². The fraction of sp³-hybridized carbons (Fsp3) is 0.343. The lowest BCUT2D eigenvalue weighted by atomic mass is 10.1. The molecule has 0 spiro atoms. The quantitative estimate of drug-likeness (QED) is 0.175. The van der Waals surface area contributed by atoms with Gasteiger partial charge in [0.05, 0.1) is 32.7 Å². The van der Waals surface area contributed by atoms with Gasteiger partial charge >= 0.3 is 6.09 Å². The molecule has 0 aliphatic carbocycles. The Morgan fingerprint density at radius 2 is 1.61 bits per heavy atom. The van der Waals surface area contributed by atoms with E-state index in [-0.39, 0.29) is 0 Å². The van der Waals surface area contributed by atoms with E-state index in [0.29, 0.717) is 58.2 Å². The average Bonchev–Trinajstić information content (AvgIpc) is 3.08. The molecular formula is C35H41N5O6. The number of nitrogens with zero attached hydrogens (tertiary/aromatic N) is 4. The molecule has 3 aromatic carbocycles. The number of hydrogen-bond donors (Lipinski definition) is 1. The molecule has 0 saturated carbocycles. The van der Waals surface area contributed by atoms with Crippen LogP contribution in [-0.2, 0) is 0 Å². The summed E-state index contributed by atoms with van der Waals surface area (Å²) in [6.07, 6.45) is 6.03. The normalized spacial score (nSPS) is 13.1. The predicted octanol–water partition coefficient (Wildman–Crippen LogP) is 7.06. The van der Waals surface area contributed by atoms with Crippen LogP contribution in [0.15, 0.2) is 67.1 Å². The molecule has 1 N–H and O–H groups in total. The number of ether oxygens (including phenoxy) is 5. The minimum absolute atomic E-state index is 0.326. The van der Waals surface area contributed by atoms with Crippen molar-refractivity contribution in [1.29, 1.82) is 0 Å². The van der Waals surface area contributed by atoms with Gasteiger partial charge in [-0.05, 0) is 69.1 Å². The van der Waals surface area contributed by atoms with Gasteiger partial charge in [0.15, 0.2) is 11.5 Å². The van der Waals surface area contributed by atoms with E-state index in [9.17, 15) is 4.79 Å². The third kappa shape index (κ3) is 7.60. The minimum Gasteiger partial charge on any atom is -0.497 e. The molecule has 0 bridgehead atoms. The minimum atomic E-state index is -0.642. The summed E-state index contributed by atoms with van der Waals surface area (Å²) in [4.78, 5) is 26.2. The Kier molecular flexibility index (Phi) is 10.8. The number of carbonyl (C=O) groups excluding carboxylic acids is 1. The van der Waals surface area contributed by atoms with Crippen molar-refractivity contribution in [2.24, 2.45) is 0 Å². The van der Waals surface area contributed by atoms with Crippen molar-refractivity contribution < 1.29 is 28.5 Å². The number of para-hydroxylation sites is 1.